The second-order valence-corrected chi connectivity index (χ2v) is 6.24. The minimum Gasteiger partial charge on any atom is -0.481 e. The first-order valence-electron chi connectivity index (χ1n) is 6.93. The summed E-state index contributed by atoms with van der Waals surface area (Å²) in [6, 6.07) is -0.196. The lowest BCUT2D eigenvalue weighted by molar-refractivity contribution is -0.146. The number of aliphatic carboxylic acids is 1. The smallest absolute Gasteiger partial charge is 0.315 e. The van der Waals surface area contributed by atoms with Crippen LogP contribution in [0.4, 0.5) is 4.79 Å². The van der Waals surface area contributed by atoms with Crippen LogP contribution < -0.4 is 10.6 Å². The molecule has 0 radical (unpaired) electrons. The predicted octanol–water partition coefficient (Wildman–Crippen LogP) is 2.61. The zero-order valence-electron chi connectivity index (χ0n) is 12.7. The van der Waals surface area contributed by atoms with E-state index in [9.17, 15) is 9.59 Å². The second kappa shape index (κ2) is 8.02. The highest BCUT2D eigenvalue weighted by Crippen LogP contribution is 2.13. The molecule has 3 N–H and O–H groups in total. The Morgan fingerprint density at radius 1 is 1.16 bits per heavy atom. The fourth-order valence-electron chi connectivity index (χ4n) is 1.56. The van der Waals surface area contributed by atoms with E-state index in [-0.39, 0.29) is 18.6 Å². The average molecular weight is 272 g/mol. The molecule has 0 saturated carbocycles. The first-order chi connectivity index (χ1) is 8.65. The Morgan fingerprint density at radius 3 is 2.21 bits per heavy atom. The number of hydrogen-bond donors (Lipinski definition) is 3. The highest BCUT2D eigenvalue weighted by Gasteiger charge is 2.27. The van der Waals surface area contributed by atoms with Gasteiger partial charge in [-0.1, -0.05) is 26.7 Å². The van der Waals surface area contributed by atoms with Crippen molar-refractivity contribution in [1.82, 2.24) is 10.6 Å². The van der Waals surface area contributed by atoms with E-state index in [0.717, 1.165) is 19.3 Å². The molecule has 19 heavy (non-hydrogen) atoms. The zero-order chi connectivity index (χ0) is 15.1. The molecule has 0 spiro atoms. The quantitative estimate of drug-likeness (QED) is 0.635. The molecule has 0 aliphatic rings. The maximum Gasteiger partial charge on any atom is 0.315 e. The van der Waals surface area contributed by atoms with Gasteiger partial charge in [0.25, 0.3) is 0 Å². The molecule has 0 saturated heterocycles. The van der Waals surface area contributed by atoms with Crippen LogP contribution in [0.2, 0.25) is 0 Å². The molecule has 1 unspecified atom stereocenters. The molecule has 0 aliphatic heterocycles. The summed E-state index contributed by atoms with van der Waals surface area (Å²) >= 11 is 0. The van der Waals surface area contributed by atoms with Crippen molar-refractivity contribution in [3.8, 4) is 0 Å². The van der Waals surface area contributed by atoms with Crippen LogP contribution in [0.25, 0.3) is 0 Å². The predicted molar refractivity (Wildman–Crippen MR) is 76.1 cm³/mol. The lowest BCUT2D eigenvalue weighted by Gasteiger charge is -2.21. The van der Waals surface area contributed by atoms with Gasteiger partial charge in [-0.3, -0.25) is 4.79 Å². The van der Waals surface area contributed by atoms with Crippen LogP contribution in [0.15, 0.2) is 0 Å². The summed E-state index contributed by atoms with van der Waals surface area (Å²) in [6.07, 6.45) is 3.17. The first kappa shape index (κ1) is 17.7. The van der Waals surface area contributed by atoms with Gasteiger partial charge in [-0.15, -0.1) is 0 Å². The van der Waals surface area contributed by atoms with Crippen molar-refractivity contribution in [3.05, 3.63) is 0 Å². The number of hydrogen-bond acceptors (Lipinski definition) is 2. The minimum atomic E-state index is -0.946. The highest BCUT2D eigenvalue weighted by molar-refractivity contribution is 5.77. The van der Waals surface area contributed by atoms with Gasteiger partial charge in [0.05, 0.1) is 5.41 Å². The molecule has 0 heterocycles. The maximum atomic E-state index is 11.6. The van der Waals surface area contributed by atoms with E-state index in [4.69, 9.17) is 5.11 Å². The first-order valence-corrected chi connectivity index (χ1v) is 6.93. The van der Waals surface area contributed by atoms with E-state index in [0.29, 0.717) is 5.92 Å². The Labute approximate surface area is 116 Å². The topological polar surface area (TPSA) is 78.4 Å². The molecule has 0 aromatic heterocycles. The fourth-order valence-corrected chi connectivity index (χ4v) is 1.56. The molecule has 1 atom stereocenters. The van der Waals surface area contributed by atoms with Crippen molar-refractivity contribution in [2.75, 3.05) is 6.54 Å². The van der Waals surface area contributed by atoms with Crippen molar-refractivity contribution in [2.24, 2.45) is 11.3 Å². The average Bonchev–Trinajstić information content (AvgIpc) is 2.25. The van der Waals surface area contributed by atoms with Gasteiger partial charge < -0.3 is 15.7 Å². The van der Waals surface area contributed by atoms with E-state index in [1.807, 2.05) is 6.92 Å². The molecule has 0 aromatic carbocycles. The van der Waals surface area contributed by atoms with Gasteiger partial charge in [-0.05, 0) is 33.1 Å². The molecule has 112 valence electrons. The van der Waals surface area contributed by atoms with Crippen LogP contribution in [0.3, 0.4) is 0 Å². The van der Waals surface area contributed by atoms with Crippen LogP contribution in [-0.4, -0.2) is 29.7 Å². The normalized spacial score (nSPS) is 13.2. The van der Waals surface area contributed by atoms with Gasteiger partial charge in [-0.2, -0.15) is 0 Å². The molecular weight excluding hydrogens is 244 g/mol. The van der Waals surface area contributed by atoms with Crippen molar-refractivity contribution in [2.45, 2.75) is 59.9 Å². The number of carboxylic acid groups (broad SMARTS) is 1. The molecule has 0 aromatic rings. The number of carbonyl (C=O) groups excluding carboxylic acids is 1. The number of carboxylic acids is 1. The molecule has 0 bridgehead atoms. The maximum absolute atomic E-state index is 11.6. The van der Waals surface area contributed by atoms with E-state index in [1.165, 1.54) is 0 Å². The van der Waals surface area contributed by atoms with Crippen LogP contribution in [0.1, 0.15) is 53.9 Å². The standard InChI is InChI=1S/C14H28N2O3/c1-10(2)7-6-8-11(3)16-13(19)15-9-14(4,5)12(17)18/h10-11H,6-9H2,1-5H3,(H,17,18)(H2,15,16,19). The number of rotatable bonds is 8. The van der Waals surface area contributed by atoms with Crippen molar-refractivity contribution < 1.29 is 14.7 Å². The summed E-state index contributed by atoms with van der Waals surface area (Å²) in [5.41, 5.74) is -0.946. The summed E-state index contributed by atoms with van der Waals surface area (Å²) in [4.78, 5) is 22.5. The van der Waals surface area contributed by atoms with Crippen LogP contribution in [-0.2, 0) is 4.79 Å². The molecule has 5 heteroatoms. The molecule has 0 rings (SSSR count). The van der Waals surface area contributed by atoms with Gasteiger partial charge in [0.1, 0.15) is 0 Å². The lowest BCUT2D eigenvalue weighted by Crippen LogP contribution is -2.46. The Bertz CT molecular complexity index is 301. The van der Waals surface area contributed by atoms with Gasteiger partial charge >= 0.3 is 12.0 Å². The zero-order valence-corrected chi connectivity index (χ0v) is 12.7. The van der Waals surface area contributed by atoms with Gasteiger partial charge in [0, 0.05) is 12.6 Å². The van der Waals surface area contributed by atoms with Gasteiger partial charge in [-0.25, -0.2) is 4.79 Å². The van der Waals surface area contributed by atoms with Crippen LogP contribution in [0, 0.1) is 11.3 Å². The fraction of sp³-hybridized carbons (Fsp3) is 0.857. The summed E-state index contributed by atoms with van der Waals surface area (Å²) in [6.45, 7) is 9.61. The van der Waals surface area contributed by atoms with E-state index < -0.39 is 11.4 Å². The Balaban J connectivity index is 3.88. The summed E-state index contributed by atoms with van der Waals surface area (Å²) in [7, 11) is 0. The third kappa shape index (κ3) is 8.46. The number of urea groups is 1. The van der Waals surface area contributed by atoms with Crippen molar-refractivity contribution in [1.29, 1.82) is 0 Å². The van der Waals surface area contributed by atoms with E-state index in [1.54, 1.807) is 13.8 Å². The summed E-state index contributed by atoms with van der Waals surface area (Å²) < 4.78 is 0. The van der Waals surface area contributed by atoms with E-state index >= 15 is 0 Å². The lowest BCUT2D eigenvalue weighted by atomic mass is 9.94. The number of nitrogens with one attached hydrogen (secondary N) is 2. The Kier molecular flexibility index (Phi) is 7.49. The SMILES string of the molecule is CC(C)CCCC(C)NC(=O)NCC(C)(C)C(=O)O. The molecule has 0 aliphatic carbocycles. The van der Waals surface area contributed by atoms with Gasteiger partial charge in [0.2, 0.25) is 0 Å². The van der Waals surface area contributed by atoms with Crippen molar-refractivity contribution in [3.63, 3.8) is 0 Å². The van der Waals surface area contributed by atoms with Gasteiger partial charge in [0.15, 0.2) is 0 Å². The third-order valence-corrected chi connectivity index (χ3v) is 3.07. The van der Waals surface area contributed by atoms with Crippen LogP contribution >= 0.6 is 0 Å². The monoisotopic (exact) mass is 272 g/mol. The van der Waals surface area contributed by atoms with E-state index in [2.05, 4.69) is 24.5 Å². The molecular formula is C14H28N2O3. The molecule has 0 fully saturated rings. The Morgan fingerprint density at radius 2 is 1.74 bits per heavy atom. The minimum absolute atomic E-state index is 0.103. The molecule has 5 nitrogen and oxygen atoms in total. The summed E-state index contributed by atoms with van der Waals surface area (Å²) in [5.74, 6) is -0.241. The highest BCUT2D eigenvalue weighted by atomic mass is 16.4. The molecule has 2 amide bonds. The third-order valence-electron chi connectivity index (χ3n) is 3.07. The summed E-state index contributed by atoms with van der Waals surface area (Å²) in [5, 5.41) is 14.4. The number of carbonyl (C=O) groups is 2. The number of amides is 2. The second-order valence-electron chi connectivity index (χ2n) is 6.24. The Hall–Kier alpha value is -1.26. The largest absolute Gasteiger partial charge is 0.481 e. The van der Waals surface area contributed by atoms with Crippen LogP contribution in [0.5, 0.6) is 0 Å². The van der Waals surface area contributed by atoms with Crippen molar-refractivity contribution >= 4 is 12.0 Å².